The molecule has 49 heavy (non-hydrogen) atoms. The molecule has 254 valence electrons. The molecule has 14 heteroatoms. The number of hydrogen-bond acceptors (Lipinski definition) is 7. The third-order valence-electron chi connectivity index (χ3n) is 7.61. The number of halogens is 3. The summed E-state index contributed by atoms with van der Waals surface area (Å²) < 4.78 is 73.1. The van der Waals surface area contributed by atoms with Crippen LogP contribution in [0.5, 0.6) is 5.75 Å². The molecule has 1 aromatic heterocycles. The van der Waals surface area contributed by atoms with E-state index in [4.69, 9.17) is 4.18 Å². The Kier molecular flexibility index (Phi) is 10.6. The van der Waals surface area contributed by atoms with Gasteiger partial charge in [0.05, 0.1) is 22.9 Å². The number of hydrogen-bond donors (Lipinski definition) is 3. The zero-order chi connectivity index (χ0) is 35.3. The van der Waals surface area contributed by atoms with Crippen molar-refractivity contribution in [1.29, 1.82) is 0 Å². The number of aromatic nitrogens is 2. The van der Waals surface area contributed by atoms with Crippen molar-refractivity contribution in [2.75, 3.05) is 0 Å². The molecule has 0 unspecified atom stereocenters. The molecule has 1 atom stereocenters. The molecule has 0 saturated carbocycles. The Morgan fingerprint density at radius 1 is 0.878 bits per heavy atom. The molecule has 0 spiro atoms. The van der Waals surface area contributed by atoms with Crippen molar-refractivity contribution >= 4 is 23.1 Å². The van der Waals surface area contributed by atoms with Crippen molar-refractivity contribution < 1.29 is 40.6 Å². The van der Waals surface area contributed by atoms with Gasteiger partial charge in [0.25, 0.3) is 0 Å². The van der Waals surface area contributed by atoms with Crippen LogP contribution in [0, 0.1) is 5.92 Å². The van der Waals surface area contributed by atoms with E-state index in [-0.39, 0.29) is 29.5 Å². The van der Waals surface area contributed by atoms with E-state index in [1.54, 1.807) is 12.1 Å². The van der Waals surface area contributed by atoms with Crippen LogP contribution in [0.25, 0.3) is 33.6 Å². The molecular weight excluding hydrogens is 658 g/mol. The van der Waals surface area contributed by atoms with Crippen molar-refractivity contribution in [3.63, 3.8) is 0 Å². The van der Waals surface area contributed by atoms with Crippen LogP contribution in [0.3, 0.4) is 0 Å². The minimum atomic E-state index is -4.76. The molecule has 0 radical (unpaired) electrons. The molecule has 0 bridgehead atoms. The van der Waals surface area contributed by atoms with Crippen LogP contribution >= 0.6 is 0 Å². The van der Waals surface area contributed by atoms with Crippen LogP contribution < -0.4 is 9.50 Å². The Labute approximate surface area is 282 Å². The van der Waals surface area contributed by atoms with E-state index in [2.05, 4.69) is 10.4 Å². The van der Waals surface area contributed by atoms with Gasteiger partial charge in [-0.05, 0) is 65.4 Å². The maximum atomic E-state index is 13.3. The number of rotatable bonds is 12. The quantitative estimate of drug-likeness (QED) is 0.105. The first-order valence-corrected chi connectivity index (χ1v) is 16.7. The predicted molar refractivity (Wildman–Crippen MR) is 179 cm³/mol. The number of amides is 1. The van der Waals surface area contributed by atoms with Crippen molar-refractivity contribution in [1.82, 2.24) is 15.1 Å². The second kappa shape index (κ2) is 14.7. The van der Waals surface area contributed by atoms with Gasteiger partial charge in [-0.15, -0.1) is 0 Å². The zero-order valence-corrected chi connectivity index (χ0v) is 27.3. The molecule has 9 nitrogen and oxygen atoms in total. The van der Waals surface area contributed by atoms with Crippen LogP contribution in [-0.4, -0.2) is 47.2 Å². The normalized spacial score (nSPS) is 12.5. The van der Waals surface area contributed by atoms with Gasteiger partial charge in [-0.3, -0.25) is 9.48 Å². The number of benzene rings is 4. The van der Waals surface area contributed by atoms with Crippen LogP contribution in [-0.2, 0) is 27.6 Å². The lowest BCUT2D eigenvalue weighted by atomic mass is 9.75. The van der Waals surface area contributed by atoms with E-state index in [1.807, 2.05) is 68.4 Å². The van der Waals surface area contributed by atoms with Crippen molar-refractivity contribution in [3.05, 3.63) is 115 Å². The fourth-order valence-electron chi connectivity index (χ4n) is 5.26. The van der Waals surface area contributed by atoms with E-state index in [0.717, 1.165) is 29.3 Å². The SMILES string of the molecule is CC(C)C[C@H](NC(=O)Cn1nc(-c2ccccc2OS(=O)(=O)c2cccc(C(F)(F)F)c2)cc1-c1ccc(-c2ccccc2)cc1)B(O)O. The molecule has 1 heterocycles. The fraction of sp³-hybridized carbons (Fsp3) is 0.200. The first-order chi connectivity index (χ1) is 23.2. The summed E-state index contributed by atoms with van der Waals surface area (Å²) in [4.78, 5) is 12.5. The van der Waals surface area contributed by atoms with E-state index >= 15 is 0 Å². The van der Waals surface area contributed by atoms with Gasteiger partial charge < -0.3 is 19.5 Å². The van der Waals surface area contributed by atoms with Crippen LogP contribution in [0.4, 0.5) is 13.2 Å². The molecule has 0 aliphatic carbocycles. The highest BCUT2D eigenvalue weighted by Gasteiger charge is 2.32. The van der Waals surface area contributed by atoms with E-state index in [9.17, 15) is 36.4 Å². The maximum Gasteiger partial charge on any atom is 0.475 e. The minimum Gasteiger partial charge on any atom is -0.426 e. The van der Waals surface area contributed by atoms with E-state index in [0.29, 0.717) is 23.7 Å². The molecule has 0 saturated heterocycles. The van der Waals surface area contributed by atoms with E-state index < -0.39 is 45.7 Å². The Morgan fingerprint density at radius 3 is 2.16 bits per heavy atom. The molecule has 0 aliphatic heterocycles. The van der Waals surface area contributed by atoms with Gasteiger partial charge in [-0.1, -0.05) is 86.6 Å². The third-order valence-corrected chi connectivity index (χ3v) is 8.84. The number of carbonyl (C=O) groups excluding carboxylic acids is 1. The molecule has 1 amide bonds. The van der Waals surface area contributed by atoms with Crippen LogP contribution in [0.2, 0.25) is 0 Å². The van der Waals surface area contributed by atoms with Gasteiger partial charge in [0.1, 0.15) is 11.4 Å². The molecule has 5 rings (SSSR count). The number of alkyl halides is 3. The average molecular weight is 692 g/mol. The van der Waals surface area contributed by atoms with Gasteiger partial charge in [-0.2, -0.15) is 26.7 Å². The summed E-state index contributed by atoms with van der Waals surface area (Å²) in [5.74, 6) is -1.61. The van der Waals surface area contributed by atoms with Crippen molar-refractivity contribution in [3.8, 4) is 39.4 Å². The lowest BCUT2D eigenvalue weighted by Gasteiger charge is -2.20. The monoisotopic (exact) mass is 691 g/mol. The lowest BCUT2D eigenvalue weighted by molar-refractivity contribution is -0.137. The lowest BCUT2D eigenvalue weighted by Crippen LogP contribution is -2.48. The largest absolute Gasteiger partial charge is 0.475 e. The summed E-state index contributed by atoms with van der Waals surface area (Å²) in [5, 5.41) is 26.9. The molecular formula is C35H33BF3N3O6S. The summed E-state index contributed by atoms with van der Waals surface area (Å²) in [6.07, 6.45) is -4.45. The number of para-hydroxylation sites is 1. The smallest absolute Gasteiger partial charge is 0.426 e. The summed E-state index contributed by atoms with van der Waals surface area (Å²) in [5.41, 5.74) is 2.35. The Morgan fingerprint density at radius 2 is 1.51 bits per heavy atom. The molecule has 5 aromatic rings. The highest BCUT2D eigenvalue weighted by Crippen LogP contribution is 2.36. The van der Waals surface area contributed by atoms with E-state index in [1.165, 1.54) is 22.9 Å². The van der Waals surface area contributed by atoms with Gasteiger partial charge >= 0.3 is 23.4 Å². The second-order valence-electron chi connectivity index (χ2n) is 11.8. The van der Waals surface area contributed by atoms with Crippen LogP contribution in [0.15, 0.2) is 114 Å². The van der Waals surface area contributed by atoms with Crippen molar-refractivity contribution in [2.24, 2.45) is 5.92 Å². The average Bonchev–Trinajstić information content (AvgIpc) is 3.47. The summed E-state index contributed by atoms with van der Waals surface area (Å²) in [6, 6.07) is 28.1. The summed E-state index contributed by atoms with van der Waals surface area (Å²) in [6.45, 7) is 3.43. The van der Waals surface area contributed by atoms with Gasteiger partial charge in [0.15, 0.2) is 5.75 Å². The Bertz CT molecular complexity index is 2020. The summed E-state index contributed by atoms with van der Waals surface area (Å²) >= 11 is 0. The number of nitrogens with zero attached hydrogens (tertiary/aromatic N) is 2. The Hall–Kier alpha value is -4.92. The fourth-order valence-corrected chi connectivity index (χ4v) is 6.26. The topological polar surface area (TPSA) is 131 Å². The minimum absolute atomic E-state index is 0.0609. The van der Waals surface area contributed by atoms with Crippen LogP contribution in [0.1, 0.15) is 25.8 Å². The second-order valence-corrected chi connectivity index (χ2v) is 13.3. The highest BCUT2D eigenvalue weighted by molar-refractivity contribution is 7.87. The van der Waals surface area contributed by atoms with Crippen molar-refractivity contribution in [2.45, 2.75) is 43.8 Å². The molecule has 4 aromatic carbocycles. The Balaban J connectivity index is 1.52. The van der Waals surface area contributed by atoms with Gasteiger partial charge in [-0.25, -0.2) is 0 Å². The number of carbonyl (C=O) groups is 1. The highest BCUT2D eigenvalue weighted by atomic mass is 32.2. The van der Waals surface area contributed by atoms with Gasteiger partial charge in [0.2, 0.25) is 5.91 Å². The summed E-state index contributed by atoms with van der Waals surface area (Å²) in [7, 11) is -6.49. The maximum absolute atomic E-state index is 13.3. The number of nitrogens with one attached hydrogen (secondary N) is 1. The van der Waals surface area contributed by atoms with Gasteiger partial charge in [0, 0.05) is 5.56 Å². The first kappa shape index (κ1) is 35.4. The zero-order valence-electron chi connectivity index (χ0n) is 26.5. The molecule has 0 fully saturated rings. The third kappa shape index (κ3) is 8.77. The molecule has 0 aliphatic rings. The predicted octanol–water partition coefficient (Wildman–Crippen LogP) is 6.21. The first-order valence-electron chi connectivity index (χ1n) is 15.3. The standard InChI is InChI=1S/C35H33BF3N3O6S/c1-23(2)19-33(36(44)45)40-34(43)22-42-31(26-17-15-25(16-18-26)24-9-4-3-5-10-24)21-30(41-42)29-13-6-7-14-32(29)48-49(46,47)28-12-8-11-27(20-28)35(37,38)39/h3-18,20-21,23,33,44-45H,19,22H2,1-2H3,(H,40,43)/t33-/m0/s1. The molecule has 3 N–H and O–H groups in total.